The molecule has 2 saturated heterocycles. The Labute approximate surface area is 113 Å². The van der Waals surface area contributed by atoms with Crippen molar-refractivity contribution in [2.75, 3.05) is 19.7 Å². The molecule has 0 aromatic carbocycles. The maximum Gasteiger partial charge on any atom is 0.223 e. The molecule has 5 nitrogen and oxygen atoms in total. The number of nitro groups is 1. The summed E-state index contributed by atoms with van der Waals surface area (Å²) >= 11 is 0. The summed E-state index contributed by atoms with van der Waals surface area (Å²) in [5, 5.41) is 11.1. The van der Waals surface area contributed by atoms with E-state index >= 15 is 0 Å². The van der Waals surface area contributed by atoms with Gasteiger partial charge >= 0.3 is 0 Å². The number of hydrogen-bond donors (Lipinski definition) is 0. The van der Waals surface area contributed by atoms with Crippen LogP contribution in [0.4, 0.5) is 0 Å². The molecule has 1 aliphatic carbocycles. The summed E-state index contributed by atoms with van der Waals surface area (Å²) in [6.45, 7) is 4.71. The third kappa shape index (κ3) is 2.24. The van der Waals surface area contributed by atoms with Crippen LogP contribution in [0.5, 0.6) is 0 Å². The van der Waals surface area contributed by atoms with Gasteiger partial charge in [0.15, 0.2) is 0 Å². The SMILES string of the molecule is CC1([N+](=O)[O-])CC=C(N2CCC[C@@]3(CCO3)C2)CC1. The minimum Gasteiger partial charge on any atom is -0.373 e. The molecule has 106 valence electrons. The molecule has 5 heteroatoms. The number of allylic oxidation sites excluding steroid dienone is 1. The van der Waals surface area contributed by atoms with Crippen LogP contribution in [-0.2, 0) is 4.74 Å². The lowest BCUT2D eigenvalue weighted by Gasteiger charge is -2.50. The molecule has 0 amide bonds. The van der Waals surface area contributed by atoms with Gasteiger partial charge in [0.05, 0.1) is 12.2 Å². The quantitative estimate of drug-likeness (QED) is 0.568. The van der Waals surface area contributed by atoms with Gasteiger partial charge in [-0.15, -0.1) is 0 Å². The average molecular weight is 266 g/mol. The first kappa shape index (κ1) is 12.9. The van der Waals surface area contributed by atoms with Crippen molar-refractivity contribution in [1.29, 1.82) is 0 Å². The monoisotopic (exact) mass is 266 g/mol. The number of nitrogens with zero attached hydrogens (tertiary/aromatic N) is 2. The molecule has 3 rings (SSSR count). The van der Waals surface area contributed by atoms with Crippen LogP contribution < -0.4 is 0 Å². The molecular formula is C14H22N2O3. The predicted octanol–water partition coefficient (Wildman–Crippen LogP) is 2.34. The standard InChI is InChI=1S/C14H22N2O3/c1-13(16(17)18)6-3-12(4-7-13)15-9-2-5-14(11-15)8-10-19-14/h3H,2,4-11H2,1H3/t13?,14-/m1/s1. The summed E-state index contributed by atoms with van der Waals surface area (Å²) in [4.78, 5) is 13.3. The second-order valence-corrected chi connectivity index (χ2v) is 6.46. The maximum absolute atomic E-state index is 11.1. The highest BCUT2D eigenvalue weighted by molar-refractivity contribution is 5.12. The molecule has 0 bridgehead atoms. The molecule has 0 aromatic rings. The van der Waals surface area contributed by atoms with E-state index in [-0.39, 0.29) is 10.5 Å². The smallest absolute Gasteiger partial charge is 0.223 e. The van der Waals surface area contributed by atoms with Gasteiger partial charge in [-0.2, -0.15) is 0 Å². The molecule has 2 fully saturated rings. The minimum atomic E-state index is -0.760. The van der Waals surface area contributed by atoms with E-state index < -0.39 is 5.54 Å². The van der Waals surface area contributed by atoms with Crippen LogP contribution in [0.15, 0.2) is 11.8 Å². The van der Waals surface area contributed by atoms with Gasteiger partial charge in [-0.3, -0.25) is 10.1 Å². The molecule has 1 spiro atoms. The zero-order chi connectivity index (χ0) is 13.5. The van der Waals surface area contributed by atoms with E-state index in [1.165, 1.54) is 25.0 Å². The second-order valence-electron chi connectivity index (χ2n) is 6.46. The van der Waals surface area contributed by atoms with Crippen molar-refractivity contribution in [3.63, 3.8) is 0 Å². The van der Waals surface area contributed by atoms with Gasteiger partial charge in [-0.05, 0) is 19.3 Å². The van der Waals surface area contributed by atoms with Crippen LogP contribution in [0, 0.1) is 10.1 Å². The van der Waals surface area contributed by atoms with Gasteiger partial charge in [0.2, 0.25) is 5.54 Å². The van der Waals surface area contributed by atoms with Gasteiger partial charge in [-0.1, -0.05) is 6.08 Å². The van der Waals surface area contributed by atoms with E-state index in [1.807, 2.05) is 0 Å². The molecule has 0 saturated carbocycles. The van der Waals surface area contributed by atoms with E-state index in [1.54, 1.807) is 6.92 Å². The van der Waals surface area contributed by atoms with Crippen molar-refractivity contribution in [1.82, 2.24) is 4.90 Å². The Bertz CT molecular complexity index is 417. The molecule has 0 N–H and O–H groups in total. The molecule has 2 heterocycles. The Morgan fingerprint density at radius 1 is 1.42 bits per heavy atom. The zero-order valence-electron chi connectivity index (χ0n) is 11.6. The summed E-state index contributed by atoms with van der Waals surface area (Å²) in [6, 6.07) is 0. The largest absolute Gasteiger partial charge is 0.373 e. The van der Waals surface area contributed by atoms with E-state index in [0.717, 1.165) is 26.1 Å². The lowest BCUT2D eigenvalue weighted by molar-refractivity contribution is -0.566. The summed E-state index contributed by atoms with van der Waals surface area (Å²) in [6.07, 6.45) is 7.63. The lowest BCUT2D eigenvalue weighted by atomic mass is 9.83. The Balaban J connectivity index is 1.67. The van der Waals surface area contributed by atoms with Crippen LogP contribution in [-0.4, -0.2) is 40.7 Å². The third-order valence-corrected chi connectivity index (χ3v) is 5.05. The van der Waals surface area contributed by atoms with Crippen LogP contribution >= 0.6 is 0 Å². The van der Waals surface area contributed by atoms with Crippen molar-refractivity contribution in [3.8, 4) is 0 Å². The molecule has 2 aliphatic heterocycles. The number of likely N-dealkylation sites (tertiary alicyclic amines) is 1. The molecular weight excluding hydrogens is 244 g/mol. The molecule has 1 unspecified atom stereocenters. The highest BCUT2D eigenvalue weighted by Gasteiger charge is 2.44. The Morgan fingerprint density at radius 3 is 2.74 bits per heavy atom. The summed E-state index contributed by atoms with van der Waals surface area (Å²) < 4.78 is 5.78. The Hall–Kier alpha value is -1.10. The van der Waals surface area contributed by atoms with E-state index in [0.29, 0.717) is 12.8 Å². The van der Waals surface area contributed by atoms with Crippen molar-refractivity contribution in [3.05, 3.63) is 21.9 Å². The normalized spacial score (nSPS) is 38.8. The molecule has 2 atom stereocenters. The number of rotatable bonds is 2. The van der Waals surface area contributed by atoms with Crippen LogP contribution in [0.2, 0.25) is 0 Å². The van der Waals surface area contributed by atoms with Crippen molar-refractivity contribution in [2.24, 2.45) is 0 Å². The fourth-order valence-electron chi connectivity index (χ4n) is 3.45. The van der Waals surface area contributed by atoms with Gasteiger partial charge in [0.25, 0.3) is 0 Å². The highest BCUT2D eigenvalue weighted by atomic mass is 16.6. The first-order chi connectivity index (χ1) is 9.03. The molecule has 0 aromatic heterocycles. The lowest BCUT2D eigenvalue weighted by Crippen LogP contribution is -2.55. The van der Waals surface area contributed by atoms with Crippen molar-refractivity contribution < 1.29 is 9.66 Å². The van der Waals surface area contributed by atoms with Gasteiger partial charge in [-0.25, -0.2) is 0 Å². The van der Waals surface area contributed by atoms with Crippen LogP contribution in [0.25, 0.3) is 0 Å². The van der Waals surface area contributed by atoms with Crippen molar-refractivity contribution >= 4 is 0 Å². The first-order valence-corrected chi connectivity index (χ1v) is 7.26. The Morgan fingerprint density at radius 2 is 2.21 bits per heavy atom. The second kappa shape index (κ2) is 4.47. The number of ether oxygens (including phenoxy) is 1. The Kier molecular flexibility index (Phi) is 3.04. The van der Waals surface area contributed by atoms with E-state index in [2.05, 4.69) is 11.0 Å². The highest BCUT2D eigenvalue weighted by Crippen LogP contribution is 2.39. The van der Waals surface area contributed by atoms with Crippen molar-refractivity contribution in [2.45, 2.75) is 56.6 Å². The van der Waals surface area contributed by atoms with E-state index in [4.69, 9.17) is 4.74 Å². The topological polar surface area (TPSA) is 55.6 Å². The van der Waals surface area contributed by atoms with Gasteiger partial charge in [0.1, 0.15) is 0 Å². The minimum absolute atomic E-state index is 0.100. The maximum atomic E-state index is 11.1. The van der Waals surface area contributed by atoms with Crippen LogP contribution in [0.1, 0.15) is 45.4 Å². The fraction of sp³-hybridized carbons (Fsp3) is 0.857. The molecule has 0 radical (unpaired) electrons. The average Bonchev–Trinajstić information content (AvgIpc) is 2.38. The molecule has 19 heavy (non-hydrogen) atoms. The fourth-order valence-corrected chi connectivity index (χ4v) is 3.45. The summed E-state index contributed by atoms with van der Waals surface area (Å²) in [5.74, 6) is 0. The predicted molar refractivity (Wildman–Crippen MR) is 71.4 cm³/mol. The molecule has 3 aliphatic rings. The first-order valence-electron chi connectivity index (χ1n) is 7.26. The zero-order valence-corrected chi connectivity index (χ0v) is 11.6. The number of piperidine rings is 1. The van der Waals surface area contributed by atoms with Gasteiger partial charge in [0, 0.05) is 49.9 Å². The van der Waals surface area contributed by atoms with E-state index in [9.17, 15) is 10.1 Å². The van der Waals surface area contributed by atoms with Gasteiger partial charge < -0.3 is 9.64 Å². The third-order valence-electron chi connectivity index (χ3n) is 5.05. The summed E-state index contributed by atoms with van der Waals surface area (Å²) in [7, 11) is 0. The van der Waals surface area contributed by atoms with Crippen LogP contribution in [0.3, 0.4) is 0 Å². The number of hydrogen-bond acceptors (Lipinski definition) is 4. The summed E-state index contributed by atoms with van der Waals surface area (Å²) in [5.41, 5.74) is 0.640.